The molecule has 0 bridgehead atoms. The van der Waals surface area contributed by atoms with Gasteiger partial charge in [0.1, 0.15) is 39.8 Å². The lowest BCUT2D eigenvalue weighted by molar-refractivity contribution is 0.847. The maximum atomic E-state index is 4.78. The molecule has 1 aromatic heterocycles. The van der Waals surface area contributed by atoms with E-state index in [1.54, 1.807) is 0 Å². The molecular formula is C23H21BrN2P+. The quantitative estimate of drug-likeness (QED) is 0.416. The number of rotatable bonds is 5. The lowest BCUT2D eigenvalue weighted by Crippen LogP contribution is -2.33. The van der Waals surface area contributed by atoms with Crippen LogP contribution in [0.5, 0.6) is 0 Å². The first-order chi connectivity index (χ1) is 13.2. The molecule has 4 heteroatoms. The zero-order valence-electron chi connectivity index (χ0n) is 15.2. The Balaban J connectivity index is 2.01. The minimum absolute atomic E-state index is 0.882. The number of imidazole rings is 1. The van der Waals surface area contributed by atoms with Crippen LogP contribution >= 0.6 is 23.2 Å². The summed E-state index contributed by atoms with van der Waals surface area (Å²) >= 11 is 3.54. The summed E-state index contributed by atoms with van der Waals surface area (Å²) in [7, 11) is 0.179. The largest absolute Gasteiger partial charge is 0.334 e. The van der Waals surface area contributed by atoms with Crippen molar-refractivity contribution in [2.45, 2.75) is 6.16 Å². The van der Waals surface area contributed by atoms with Gasteiger partial charge in [-0.05, 0) is 52.3 Å². The third kappa shape index (κ3) is 3.50. The van der Waals surface area contributed by atoms with Crippen molar-refractivity contribution in [2.24, 2.45) is 7.05 Å². The minimum atomic E-state index is -1.89. The zero-order valence-corrected chi connectivity index (χ0v) is 17.6. The van der Waals surface area contributed by atoms with Gasteiger partial charge in [0, 0.05) is 13.2 Å². The fourth-order valence-corrected chi connectivity index (χ4v) is 8.31. The van der Waals surface area contributed by atoms with Crippen LogP contribution in [-0.2, 0) is 13.2 Å². The van der Waals surface area contributed by atoms with Crippen LogP contribution in [0.15, 0.2) is 102 Å². The summed E-state index contributed by atoms with van der Waals surface area (Å²) in [6.07, 6.45) is 2.91. The Kier molecular flexibility index (Phi) is 5.24. The molecule has 0 fully saturated rings. The van der Waals surface area contributed by atoms with Crippen LogP contribution in [0.25, 0.3) is 0 Å². The monoisotopic (exact) mass is 435 g/mol. The lowest BCUT2D eigenvalue weighted by Gasteiger charge is -2.27. The topological polar surface area (TPSA) is 17.8 Å². The Morgan fingerprint density at radius 1 is 0.741 bits per heavy atom. The lowest BCUT2D eigenvalue weighted by atomic mass is 10.4. The zero-order chi connectivity index (χ0) is 18.7. The molecule has 0 saturated carbocycles. The van der Waals surface area contributed by atoms with Crippen LogP contribution in [0.1, 0.15) is 5.82 Å². The van der Waals surface area contributed by atoms with E-state index >= 15 is 0 Å². The molecular weight excluding hydrogens is 415 g/mol. The molecule has 0 amide bonds. The molecule has 0 aliphatic rings. The first kappa shape index (κ1) is 18.2. The molecule has 0 radical (unpaired) electrons. The number of halogens is 1. The van der Waals surface area contributed by atoms with Gasteiger partial charge in [-0.2, -0.15) is 0 Å². The highest BCUT2D eigenvalue weighted by Crippen LogP contribution is 2.57. The molecule has 0 aliphatic carbocycles. The van der Waals surface area contributed by atoms with Gasteiger partial charge >= 0.3 is 0 Å². The van der Waals surface area contributed by atoms with E-state index in [1.165, 1.54) is 15.9 Å². The van der Waals surface area contributed by atoms with Crippen molar-refractivity contribution in [3.63, 3.8) is 0 Å². The van der Waals surface area contributed by atoms with Crippen LogP contribution < -0.4 is 15.9 Å². The molecule has 4 aromatic rings. The normalized spacial score (nSPS) is 11.5. The summed E-state index contributed by atoms with van der Waals surface area (Å²) in [5.41, 5.74) is 0. The summed E-state index contributed by atoms with van der Waals surface area (Å²) < 4.78 is 3.01. The molecule has 1 heterocycles. The first-order valence-electron chi connectivity index (χ1n) is 8.93. The van der Waals surface area contributed by atoms with E-state index in [-0.39, 0.29) is 0 Å². The van der Waals surface area contributed by atoms with Crippen molar-refractivity contribution in [2.75, 3.05) is 0 Å². The highest BCUT2D eigenvalue weighted by atomic mass is 79.9. The van der Waals surface area contributed by atoms with Gasteiger partial charge in [0.25, 0.3) is 0 Å². The van der Waals surface area contributed by atoms with Crippen molar-refractivity contribution in [3.8, 4) is 0 Å². The Morgan fingerprint density at radius 3 is 1.48 bits per heavy atom. The highest BCUT2D eigenvalue weighted by molar-refractivity contribution is 9.10. The summed E-state index contributed by atoms with van der Waals surface area (Å²) in [6, 6.07) is 32.7. The SMILES string of the molecule is Cn1cc(Br)nc1C[P+](c1ccccc1)(c1ccccc1)c1ccccc1. The van der Waals surface area contributed by atoms with E-state index in [1.807, 2.05) is 6.20 Å². The van der Waals surface area contributed by atoms with Crippen molar-refractivity contribution in [1.29, 1.82) is 0 Å². The van der Waals surface area contributed by atoms with Crippen LogP contribution in [0.4, 0.5) is 0 Å². The van der Waals surface area contributed by atoms with E-state index in [0.29, 0.717) is 0 Å². The van der Waals surface area contributed by atoms with Crippen molar-refractivity contribution < 1.29 is 0 Å². The van der Waals surface area contributed by atoms with Gasteiger partial charge in [0.2, 0.25) is 0 Å². The van der Waals surface area contributed by atoms with Crippen LogP contribution in [-0.4, -0.2) is 9.55 Å². The molecule has 0 atom stereocenters. The predicted octanol–water partition coefficient (Wildman–Crippen LogP) is 4.68. The summed E-state index contributed by atoms with van der Waals surface area (Å²) in [5.74, 6) is 1.09. The first-order valence-corrected chi connectivity index (χ1v) is 11.7. The second-order valence-corrected chi connectivity index (χ2v) is 10.9. The Labute approximate surface area is 169 Å². The summed E-state index contributed by atoms with van der Waals surface area (Å²) in [4.78, 5) is 4.78. The van der Waals surface area contributed by atoms with E-state index < -0.39 is 7.26 Å². The average molecular weight is 436 g/mol. The summed E-state index contributed by atoms with van der Waals surface area (Å²) in [5, 5.41) is 4.13. The van der Waals surface area contributed by atoms with E-state index in [9.17, 15) is 0 Å². The van der Waals surface area contributed by atoms with Gasteiger partial charge in [0.15, 0.2) is 0 Å². The van der Waals surface area contributed by atoms with Gasteiger partial charge in [-0.1, -0.05) is 54.6 Å². The fourth-order valence-electron chi connectivity index (χ4n) is 3.59. The van der Waals surface area contributed by atoms with E-state index in [0.717, 1.165) is 16.6 Å². The molecule has 27 heavy (non-hydrogen) atoms. The molecule has 0 aliphatic heterocycles. The number of benzene rings is 3. The van der Waals surface area contributed by atoms with E-state index in [2.05, 4.69) is 119 Å². The van der Waals surface area contributed by atoms with Gasteiger partial charge in [-0.15, -0.1) is 0 Å². The number of hydrogen-bond acceptors (Lipinski definition) is 1. The number of hydrogen-bond donors (Lipinski definition) is 0. The fraction of sp³-hybridized carbons (Fsp3) is 0.0870. The van der Waals surface area contributed by atoms with Crippen LogP contribution in [0.2, 0.25) is 0 Å². The summed E-state index contributed by atoms with van der Waals surface area (Å²) in [6.45, 7) is 0. The number of aryl methyl sites for hydroxylation is 1. The van der Waals surface area contributed by atoms with Crippen LogP contribution in [0.3, 0.4) is 0 Å². The minimum Gasteiger partial charge on any atom is -0.334 e. The molecule has 0 spiro atoms. The smallest absolute Gasteiger partial charge is 0.148 e. The second kappa shape index (κ2) is 7.80. The molecule has 0 unspecified atom stereocenters. The predicted molar refractivity (Wildman–Crippen MR) is 120 cm³/mol. The Hall–Kier alpha value is -2.22. The van der Waals surface area contributed by atoms with Gasteiger partial charge in [0.05, 0.1) is 0 Å². The molecule has 134 valence electrons. The molecule has 4 rings (SSSR count). The van der Waals surface area contributed by atoms with Crippen molar-refractivity contribution in [1.82, 2.24) is 9.55 Å². The third-order valence-electron chi connectivity index (χ3n) is 4.91. The Morgan fingerprint density at radius 2 is 1.15 bits per heavy atom. The number of nitrogens with zero attached hydrogens (tertiary/aromatic N) is 2. The standard InChI is InChI=1S/C23H21BrN2P/c1-26-17-22(24)25-23(26)18-27(19-11-5-2-6-12-19,20-13-7-3-8-14-20)21-15-9-4-10-16-21/h2-17H,18H2,1H3/q+1. The molecule has 0 N–H and O–H groups in total. The Bertz CT molecular complexity index is 918. The van der Waals surface area contributed by atoms with Gasteiger partial charge < -0.3 is 4.57 Å². The van der Waals surface area contributed by atoms with E-state index in [4.69, 9.17) is 4.98 Å². The van der Waals surface area contributed by atoms with Crippen molar-refractivity contribution >= 4 is 39.1 Å². The number of aromatic nitrogens is 2. The van der Waals surface area contributed by atoms with Crippen LogP contribution in [0, 0.1) is 0 Å². The molecule has 0 saturated heterocycles. The third-order valence-corrected chi connectivity index (χ3v) is 9.59. The van der Waals surface area contributed by atoms with Gasteiger partial charge in [-0.3, -0.25) is 0 Å². The second-order valence-electron chi connectivity index (χ2n) is 6.57. The van der Waals surface area contributed by atoms with Crippen molar-refractivity contribution in [3.05, 3.63) is 108 Å². The highest BCUT2D eigenvalue weighted by Gasteiger charge is 2.46. The van der Waals surface area contributed by atoms with Gasteiger partial charge in [-0.25, -0.2) is 4.98 Å². The average Bonchev–Trinajstić information content (AvgIpc) is 3.04. The maximum Gasteiger partial charge on any atom is 0.148 e. The molecule has 3 aromatic carbocycles. The molecule has 2 nitrogen and oxygen atoms in total. The maximum absolute atomic E-state index is 4.78.